The summed E-state index contributed by atoms with van der Waals surface area (Å²) in [7, 11) is 0. The zero-order valence-corrected chi connectivity index (χ0v) is 11.2. The van der Waals surface area contributed by atoms with Crippen molar-refractivity contribution in [2.75, 3.05) is 0 Å². The first-order valence-electron chi connectivity index (χ1n) is 5.76. The van der Waals surface area contributed by atoms with E-state index in [-0.39, 0.29) is 0 Å². The van der Waals surface area contributed by atoms with Crippen molar-refractivity contribution in [3.05, 3.63) is 51.5 Å². The van der Waals surface area contributed by atoms with Crippen LogP contribution in [-0.4, -0.2) is 16.1 Å². The topological polar surface area (TPSA) is 50.2 Å². The fourth-order valence-electron chi connectivity index (χ4n) is 1.82. The number of thiazole rings is 1. The third-order valence-corrected chi connectivity index (χ3v) is 3.81. The van der Waals surface area contributed by atoms with Gasteiger partial charge in [0.2, 0.25) is 0 Å². The van der Waals surface area contributed by atoms with Gasteiger partial charge in [-0.25, -0.2) is 4.98 Å². The van der Waals surface area contributed by atoms with Crippen LogP contribution < -0.4 is 0 Å². The van der Waals surface area contributed by atoms with Gasteiger partial charge in [0.1, 0.15) is 0 Å². The molecule has 18 heavy (non-hydrogen) atoms. The van der Waals surface area contributed by atoms with Crippen LogP contribution in [0.25, 0.3) is 0 Å². The largest absolute Gasteiger partial charge is 0.481 e. The number of aryl methyl sites for hydroxylation is 2. The lowest BCUT2D eigenvalue weighted by atomic mass is 9.95. The van der Waals surface area contributed by atoms with E-state index in [1.54, 1.807) is 0 Å². The highest BCUT2D eigenvalue weighted by Crippen LogP contribution is 2.23. The molecule has 4 heteroatoms. The maximum atomic E-state index is 11.4. The van der Waals surface area contributed by atoms with Crippen LogP contribution in [0.1, 0.15) is 27.7 Å². The van der Waals surface area contributed by atoms with Gasteiger partial charge in [-0.05, 0) is 19.4 Å². The SMILES string of the molecule is Cc1ccc(C(Cc2nc(C)cs2)C(=O)O)cc1. The fraction of sp³-hybridized carbons (Fsp3) is 0.286. The average molecular weight is 261 g/mol. The van der Waals surface area contributed by atoms with Gasteiger partial charge in [-0.3, -0.25) is 4.79 Å². The van der Waals surface area contributed by atoms with Gasteiger partial charge in [0.25, 0.3) is 0 Å². The van der Waals surface area contributed by atoms with Gasteiger partial charge < -0.3 is 5.11 Å². The van der Waals surface area contributed by atoms with Crippen molar-refractivity contribution in [2.45, 2.75) is 26.2 Å². The van der Waals surface area contributed by atoms with Gasteiger partial charge in [0.15, 0.2) is 0 Å². The molecule has 0 bridgehead atoms. The highest BCUT2D eigenvalue weighted by Gasteiger charge is 2.21. The lowest BCUT2D eigenvalue weighted by Crippen LogP contribution is -2.14. The Kier molecular flexibility index (Phi) is 3.77. The predicted molar refractivity (Wildman–Crippen MR) is 72.1 cm³/mol. The highest BCUT2D eigenvalue weighted by atomic mass is 32.1. The van der Waals surface area contributed by atoms with E-state index >= 15 is 0 Å². The molecule has 0 aliphatic rings. The van der Waals surface area contributed by atoms with Gasteiger partial charge in [-0.2, -0.15) is 0 Å². The molecule has 1 aromatic carbocycles. The summed E-state index contributed by atoms with van der Waals surface area (Å²) in [6.07, 6.45) is 0.455. The fourth-order valence-corrected chi connectivity index (χ4v) is 2.64. The van der Waals surface area contributed by atoms with Gasteiger partial charge >= 0.3 is 5.97 Å². The Morgan fingerprint density at radius 1 is 1.33 bits per heavy atom. The molecule has 0 spiro atoms. The third kappa shape index (κ3) is 2.96. The van der Waals surface area contributed by atoms with E-state index < -0.39 is 11.9 Å². The number of aliphatic carboxylic acids is 1. The summed E-state index contributed by atoms with van der Waals surface area (Å²) in [6.45, 7) is 3.91. The molecule has 2 aromatic rings. The summed E-state index contributed by atoms with van der Waals surface area (Å²) >= 11 is 1.52. The van der Waals surface area contributed by atoms with E-state index in [9.17, 15) is 9.90 Å². The number of nitrogens with zero attached hydrogens (tertiary/aromatic N) is 1. The molecular weight excluding hydrogens is 246 g/mol. The van der Waals surface area contributed by atoms with Crippen LogP contribution in [-0.2, 0) is 11.2 Å². The van der Waals surface area contributed by atoms with Crippen molar-refractivity contribution < 1.29 is 9.90 Å². The molecular formula is C14H15NO2S. The summed E-state index contributed by atoms with van der Waals surface area (Å²) in [5.74, 6) is -1.32. The minimum absolute atomic E-state index is 0.455. The molecule has 1 heterocycles. The second-order valence-corrected chi connectivity index (χ2v) is 5.33. The van der Waals surface area contributed by atoms with E-state index in [0.717, 1.165) is 21.8 Å². The molecule has 0 saturated carbocycles. The Morgan fingerprint density at radius 3 is 2.50 bits per heavy atom. The van der Waals surface area contributed by atoms with E-state index in [2.05, 4.69) is 4.98 Å². The van der Waals surface area contributed by atoms with Gasteiger partial charge in [0, 0.05) is 17.5 Å². The number of carbonyl (C=O) groups is 1. The van der Waals surface area contributed by atoms with Gasteiger partial charge in [-0.15, -0.1) is 11.3 Å². The zero-order valence-electron chi connectivity index (χ0n) is 10.4. The Balaban J connectivity index is 2.23. The van der Waals surface area contributed by atoms with E-state index in [0.29, 0.717) is 6.42 Å². The number of aromatic nitrogens is 1. The lowest BCUT2D eigenvalue weighted by Gasteiger charge is -2.11. The Hall–Kier alpha value is -1.68. The number of benzene rings is 1. The Bertz CT molecular complexity index is 545. The number of carboxylic acids is 1. The predicted octanol–water partition coefficient (Wildman–Crippen LogP) is 3.17. The van der Waals surface area contributed by atoms with Crippen LogP contribution in [0.4, 0.5) is 0 Å². The monoisotopic (exact) mass is 261 g/mol. The Labute approximate surface area is 110 Å². The maximum Gasteiger partial charge on any atom is 0.311 e. The normalized spacial score (nSPS) is 12.3. The van der Waals surface area contributed by atoms with Crippen molar-refractivity contribution in [3.63, 3.8) is 0 Å². The van der Waals surface area contributed by atoms with Gasteiger partial charge in [-0.1, -0.05) is 29.8 Å². The number of hydrogen-bond donors (Lipinski definition) is 1. The first-order chi connectivity index (χ1) is 8.56. The summed E-state index contributed by atoms with van der Waals surface area (Å²) < 4.78 is 0. The molecule has 3 nitrogen and oxygen atoms in total. The number of rotatable bonds is 4. The minimum Gasteiger partial charge on any atom is -0.481 e. The van der Waals surface area contributed by atoms with Crippen molar-refractivity contribution in [2.24, 2.45) is 0 Å². The van der Waals surface area contributed by atoms with Crippen LogP contribution in [0.15, 0.2) is 29.6 Å². The van der Waals surface area contributed by atoms with Crippen LogP contribution in [0.3, 0.4) is 0 Å². The molecule has 94 valence electrons. The smallest absolute Gasteiger partial charge is 0.311 e. The second-order valence-electron chi connectivity index (χ2n) is 4.39. The first-order valence-corrected chi connectivity index (χ1v) is 6.64. The standard InChI is InChI=1S/C14H15NO2S/c1-9-3-5-11(6-4-9)12(14(16)17)7-13-15-10(2)8-18-13/h3-6,8,12H,7H2,1-2H3,(H,16,17). The Morgan fingerprint density at radius 2 is 2.00 bits per heavy atom. The van der Waals surface area contributed by atoms with Crippen molar-refractivity contribution in [1.82, 2.24) is 4.98 Å². The van der Waals surface area contributed by atoms with Crippen LogP contribution in [0, 0.1) is 13.8 Å². The summed E-state index contributed by atoms with van der Waals surface area (Å²) in [5.41, 5.74) is 2.91. The minimum atomic E-state index is -0.799. The molecule has 2 rings (SSSR count). The average Bonchev–Trinajstić information content (AvgIpc) is 2.73. The molecule has 1 atom stereocenters. The lowest BCUT2D eigenvalue weighted by molar-refractivity contribution is -0.138. The molecule has 1 unspecified atom stereocenters. The third-order valence-electron chi connectivity index (χ3n) is 2.82. The molecule has 1 N–H and O–H groups in total. The van der Waals surface area contributed by atoms with Crippen molar-refractivity contribution in [3.8, 4) is 0 Å². The zero-order chi connectivity index (χ0) is 13.1. The van der Waals surface area contributed by atoms with Crippen molar-refractivity contribution in [1.29, 1.82) is 0 Å². The van der Waals surface area contributed by atoms with E-state index in [4.69, 9.17) is 0 Å². The summed E-state index contributed by atoms with van der Waals surface area (Å²) in [5, 5.41) is 12.2. The van der Waals surface area contributed by atoms with Crippen LogP contribution in [0.5, 0.6) is 0 Å². The number of hydrogen-bond acceptors (Lipinski definition) is 3. The van der Waals surface area contributed by atoms with E-state index in [1.807, 2.05) is 43.5 Å². The molecule has 0 radical (unpaired) electrons. The quantitative estimate of drug-likeness (QED) is 0.919. The van der Waals surface area contributed by atoms with Crippen LogP contribution >= 0.6 is 11.3 Å². The number of carboxylic acid groups (broad SMARTS) is 1. The first kappa shape index (κ1) is 12.8. The summed E-state index contributed by atoms with van der Waals surface area (Å²) in [6, 6.07) is 7.65. The molecule has 1 aromatic heterocycles. The summed E-state index contributed by atoms with van der Waals surface area (Å²) in [4.78, 5) is 15.7. The highest BCUT2D eigenvalue weighted by molar-refractivity contribution is 7.09. The second kappa shape index (κ2) is 5.31. The van der Waals surface area contributed by atoms with E-state index in [1.165, 1.54) is 11.3 Å². The molecule has 0 saturated heterocycles. The maximum absolute atomic E-state index is 11.4. The molecule has 0 amide bonds. The van der Waals surface area contributed by atoms with Gasteiger partial charge in [0.05, 0.1) is 10.9 Å². The molecule has 0 fully saturated rings. The molecule has 0 aliphatic carbocycles. The van der Waals surface area contributed by atoms with Crippen LogP contribution in [0.2, 0.25) is 0 Å². The molecule has 0 aliphatic heterocycles. The van der Waals surface area contributed by atoms with Crippen molar-refractivity contribution >= 4 is 17.3 Å².